The van der Waals surface area contributed by atoms with E-state index < -0.39 is 0 Å². The van der Waals surface area contributed by atoms with Crippen LogP contribution in [0.15, 0.2) is 72.0 Å². The van der Waals surface area contributed by atoms with Gasteiger partial charge in [0.05, 0.1) is 0 Å². The van der Waals surface area contributed by atoms with E-state index in [-0.39, 0.29) is 0 Å². The zero-order valence-electron chi connectivity index (χ0n) is 13.7. The maximum atomic E-state index is 5.96. The first-order chi connectivity index (χ1) is 11.7. The van der Waals surface area contributed by atoms with Crippen LogP contribution in [0.3, 0.4) is 0 Å². The molecule has 5 nitrogen and oxygen atoms in total. The maximum Gasteiger partial charge on any atom is 0.193 e. The van der Waals surface area contributed by atoms with Crippen LogP contribution >= 0.6 is 0 Å². The van der Waals surface area contributed by atoms with E-state index in [1.807, 2.05) is 55.6 Å². The molecule has 24 heavy (non-hydrogen) atoms. The van der Waals surface area contributed by atoms with Crippen LogP contribution in [0, 0.1) is 6.92 Å². The second-order valence-electron chi connectivity index (χ2n) is 5.65. The highest BCUT2D eigenvalue weighted by molar-refractivity contribution is 5.92. The zero-order valence-corrected chi connectivity index (χ0v) is 13.7. The molecular formula is C19H21N5. The summed E-state index contributed by atoms with van der Waals surface area (Å²) in [7, 11) is 0. The monoisotopic (exact) mass is 319 g/mol. The van der Waals surface area contributed by atoms with Crippen molar-refractivity contribution < 1.29 is 0 Å². The van der Waals surface area contributed by atoms with Gasteiger partial charge in [-0.2, -0.15) is 0 Å². The lowest BCUT2D eigenvalue weighted by atomic mass is 10.2. The van der Waals surface area contributed by atoms with Gasteiger partial charge < -0.3 is 15.6 Å². The highest BCUT2D eigenvalue weighted by Gasteiger charge is 2.03. The quantitative estimate of drug-likeness (QED) is 0.560. The molecule has 0 amide bonds. The summed E-state index contributed by atoms with van der Waals surface area (Å²) in [6.07, 6.45) is 3.75. The van der Waals surface area contributed by atoms with E-state index >= 15 is 0 Å². The number of hydrogen-bond acceptors (Lipinski definition) is 2. The molecule has 122 valence electrons. The number of aliphatic imine (C=N–C) groups is 1. The molecule has 0 atom stereocenters. The number of guanidine groups is 1. The Kier molecular flexibility index (Phi) is 4.91. The summed E-state index contributed by atoms with van der Waals surface area (Å²) in [5.41, 5.74) is 9.33. The summed E-state index contributed by atoms with van der Waals surface area (Å²) in [6.45, 7) is 3.26. The lowest BCUT2D eigenvalue weighted by Gasteiger charge is -2.08. The Bertz CT molecular complexity index is 803. The minimum absolute atomic E-state index is 0.383. The molecule has 0 radical (unpaired) electrons. The molecule has 2 aromatic carbocycles. The third-order valence-corrected chi connectivity index (χ3v) is 3.71. The lowest BCUT2D eigenvalue weighted by Crippen LogP contribution is -2.22. The van der Waals surface area contributed by atoms with E-state index in [0.29, 0.717) is 12.5 Å². The Labute approximate surface area is 141 Å². The summed E-state index contributed by atoms with van der Waals surface area (Å²) in [5.74, 6) is 1.26. The number of nitrogens with zero attached hydrogens (tertiary/aromatic N) is 3. The van der Waals surface area contributed by atoms with Crippen molar-refractivity contribution in [1.82, 2.24) is 9.55 Å². The minimum atomic E-state index is 0.383. The molecule has 3 rings (SSSR count). The van der Waals surface area contributed by atoms with Crippen molar-refractivity contribution in [1.29, 1.82) is 0 Å². The van der Waals surface area contributed by atoms with Crippen LogP contribution < -0.4 is 11.1 Å². The van der Waals surface area contributed by atoms with E-state index in [1.165, 1.54) is 11.1 Å². The SMILES string of the molecule is Cc1ccc(NC(N)=NCc2nccn2Cc2ccccc2)cc1. The molecule has 0 aliphatic rings. The third kappa shape index (κ3) is 4.23. The summed E-state index contributed by atoms with van der Waals surface area (Å²) in [5, 5.41) is 3.09. The number of benzene rings is 2. The molecule has 0 bridgehead atoms. The fraction of sp³-hybridized carbons (Fsp3) is 0.158. The van der Waals surface area contributed by atoms with E-state index in [1.54, 1.807) is 6.20 Å². The van der Waals surface area contributed by atoms with Crippen LogP contribution in [0.1, 0.15) is 17.0 Å². The van der Waals surface area contributed by atoms with Crippen LogP contribution in [-0.4, -0.2) is 15.5 Å². The van der Waals surface area contributed by atoms with Gasteiger partial charge in [0.2, 0.25) is 0 Å². The maximum absolute atomic E-state index is 5.96. The fourth-order valence-electron chi connectivity index (χ4n) is 2.40. The molecule has 0 aliphatic carbocycles. The van der Waals surface area contributed by atoms with Gasteiger partial charge in [-0.1, -0.05) is 48.0 Å². The Morgan fingerprint density at radius 2 is 1.88 bits per heavy atom. The molecule has 0 aliphatic heterocycles. The summed E-state index contributed by atoms with van der Waals surface area (Å²) < 4.78 is 2.08. The van der Waals surface area contributed by atoms with Gasteiger partial charge >= 0.3 is 0 Å². The number of aromatic nitrogens is 2. The van der Waals surface area contributed by atoms with E-state index in [4.69, 9.17) is 5.73 Å². The van der Waals surface area contributed by atoms with Gasteiger partial charge in [0, 0.05) is 24.6 Å². The van der Waals surface area contributed by atoms with Crippen LogP contribution in [0.25, 0.3) is 0 Å². The number of imidazole rings is 1. The second-order valence-corrected chi connectivity index (χ2v) is 5.65. The molecule has 0 spiro atoms. The molecule has 3 aromatic rings. The standard InChI is InChI=1S/C19H21N5/c1-15-7-9-17(10-8-15)23-19(20)22-13-18-21-11-12-24(18)14-16-5-3-2-4-6-16/h2-12H,13-14H2,1H3,(H3,20,22,23). The van der Waals surface area contributed by atoms with Gasteiger partial charge in [0.15, 0.2) is 5.96 Å². The van der Waals surface area contributed by atoms with Gasteiger partial charge in [0.25, 0.3) is 0 Å². The Morgan fingerprint density at radius 1 is 1.12 bits per heavy atom. The topological polar surface area (TPSA) is 68.2 Å². The van der Waals surface area contributed by atoms with Crippen molar-refractivity contribution in [3.63, 3.8) is 0 Å². The molecule has 1 aromatic heterocycles. The Morgan fingerprint density at radius 3 is 2.62 bits per heavy atom. The number of hydrogen-bond donors (Lipinski definition) is 2. The predicted octanol–water partition coefficient (Wildman–Crippen LogP) is 3.17. The van der Waals surface area contributed by atoms with Crippen LogP contribution in [0.5, 0.6) is 0 Å². The molecule has 0 fully saturated rings. The lowest BCUT2D eigenvalue weighted by molar-refractivity contribution is 0.724. The van der Waals surface area contributed by atoms with Crippen molar-refractivity contribution in [2.75, 3.05) is 5.32 Å². The first-order valence-electron chi connectivity index (χ1n) is 7.88. The predicted molar refractivity (Wildman–Crippen MR) is 97.9 cm³/mol. The van der Waals surface area contributed by atoms with Crippen molar-refractivity contribution in [2.24, 2.45) is 10.7 Å². The number of rotatable bonds is 5. The van der Waals surface area contributed by atoms with Gasteiger partial charge in [-0.15, -0.1) is 0 Å². The summed E-state index contributed by atoms with van der Waals surface area (Å²) in [6, 6.07) is 18.3. The average Bonchev–Trinajstić information content (AvgIpc) is 3.03. The van der Waals surface area contributed by atoms with E-state index in [0.717, 1.165) is 18.1 Å². The zero-order chi connectivity index (χ0) is 16.8. The molecule has 0 saturated heterocycles. The Balaban J connectivity index is 1.64. The molecule has 0 saturated carbocycles. The van der Waals surface area contributed by atoms with Crippen molar-refractivity contribution in [2.45, 2.75) is 20.0 Å². The minimum Gasteiger partial charge on any atom is -0.370 e. The van der Waals surface area contributed by atoms with Crippen molar-refractivity contribution in [3.8, 4) is 0 Å². The molecule has 0 unspecified atom stereocenters. The normalized spacial score (nSPS) is 11.5. The number of nitrogens with two attached hydrogens (primary N) is 1. The third-order valence-electron chi connectivity index (χ3n) is 3.71. The van der Waals surface area contributed by atoms with E-state index in [9.17, 15) is 0 Å². The summed E-state index contributed by atoms with van der Waals surface area (Å²) in [4.78, 5) is 8.76. The van der Waals surface area contributed by atoms with Crippen molar-refractivity contribution in [3.05, 3.63) is 83.9 Å². The fourth-order valence-corrected chi connectivity index (χ4v) is 2.40. The van der Waals surface area contributed by atoms with Gasteiger partial charge in [-0.3, -0.25) is 0 Å². The van der Waals surface area contributed by atoms with E-state index in [2.05, 4.69) is 32.0 Å². The molecule has 3 N–H and O–H groups in total. The number of anilines is 1. The smallest absolute Gasteiger partial charge is 0.193 e. The van der Waals surface area contributed by atoms with Crippen molar-refractivity contribution >= 4 is 11.6 Å². The highest BCUT2D eigenvalue weighted by Crippen LogP contribution is 2.09. The molecule has 1 heterocycles. The Hall–Kier alpha value is -3.08. The first-order valence-corrected chi connectivity index (χ1v) is 7.88. The second kappa shape index (κ2) is 7.46. The van der Waals surface area contributed by atoms with Gasteiger partial charge in [-0.25, -0.2) is 9.98 Å². The highest BCUT2D eigenvalue weighted by atomic mass is 15.1. The molecule has 5 heteroatoms. The van der Waals surface area contributed by atoms with Crippen LogP contribution in [0.2, 0.25) is 0 Å². The number of nitrogens with one attached hydrogen (secondary N) is 1. The van der Waals surface area contributed by atoms with Gasteiger partial charge in [0.1, 0.15) is 12.4 Å². The molecular weight excluding hydrogens is 298 g/mol. The summed E-state index contributed by atoms with van der Waals surface area (Å²) >= 11 is 0. The van der Waals surface area contributed by atoms with Crippen LogP contribution in [-0.2, 0) is 13.1 Å². The largest absolute Gasteiger partial charge is 0.370 e. The number of aryl methyl sites for hydroxylation is 1. The van der Waals surface area contributed by atoms with Gasteiger partial charge in [-0.05, 0) is 24.6 Å². The van der Waals surface area contributed by atoms with Crippen LogP contribution in [0.4, 0.5) is 5.69 Å². The average molecular weight is 319 g/mol. The first kappa shape index (κ1) is 15.8.